The first-order chi connectivity index (χ1) is 15.5. The molecule has 0 aliphatic carbocycles. The standard InChI is InChI=1S/C24H22BrClN2O4/c1-16-5-3-4-6-21(16)31-15-23(29)28-27-13-18-11-20(25)24(22(12-18)30-2)32-14-17-7-9-19(26)10-8-17/h3-13H,14-15H2,1-2H3,(H,28,29)/b27-13-. The van der Waals surface area contributed by atoms with Crippen LogP contribution in [0.2, 0.25) is 5.02 Å². The summed E-state index contributed by atoms with van der Waals surface area (Å²) in [5, 5.41) is 4.66. The first-order valence-electron chi connectivity index (χ1n) is 9.71. The number of halogens is 2. The Labute approximate surface area is 200 Å². The molecule has 0 saturated carbocycles. The van der Waals surface area contributed by atoms with Gasteiger partial charge in [-0.2, -0.15) is 5.10 Å². The molecule has 0 unspecified atom stereocenters. The highest BCUT2D eigenvalue weighted by molar-refractivity contribution is 9.10. The summed E-state index contributed by atoms with van der Waals surface area (Å²) < 4.78 is 17.6. The number of hydrogen-bond acceptors (Lipinski definition) is 5. The Morgan fingerprint density at radius 3 is 2.56 bits per heavy atom. The number of para-hydroxylation sites is 1. The highest BCUT2D eigenvalue weighted by Crippen LogP contribution is 2.36. The van der Waals surface area contributed by atoms with Gasteiger partial charge in [0.1, 0.15) is 12.4 Å². The minimum Gasteiger partial charge on any atom is -0.493 e. The average molecular weight is 518 g/mol. The van der Waals surface area contributed by atoms with E-state index in [2.05, 4.69) is 26.5 Å². The van der Waals surface area contributed by atoms with Crippen molar-refractivity contribution in [3.8, 4) is 17.2 Å². The minimum absolute atomic E-state index is 0.132. The first kappa shape index (κ1) is 23.6. The SMILES string of the molecule is COc1cc(/C=N\NC(=O)COc2ccccc2C)cc(Br)c1OCc1ccc(Cl)cc1. The number of carbonyl (C=O) groups excluding carboxylic acids is 1. The van der Waals surface area contributed by atoms with Crippen molar-refractivity contribution >= 4 is 39.7 Å². The van der Waals surface area contributed by atoms with Gasteiger partial charge in [0.2, 0.25) is 0 Å². The lowest BCUT2D eigenvalue weighted by Gasteiger charge is -2.13. The van der Waals surface area contributed by atoms with E-state index in [9.17, 15) is 4.79 Å². The monoisotopic (exact) mass is 516 g/mol. The highest BCUT2D eigenvalue weighted by Gasteiger charge is 2.12. The molecule has 0 atom stereocenters. The summed E-state index contributed by atoms with van der Waals surface area (Å²) in [7, 11) is 1.56. The van der Waals surface area contributed by atoms with E-state index in [1.54, 1.807) is 13.2 Å². The Balaban J connectivity index is 1.58. The second kappa shape index (κ2) is 11.5. The van der Waals surface area contributed by atoms with Crippen LogP contribution in [-0.4, -0.2) is 25.8 Å². The lowest BCUT2D eigenvalue weighted by molar-refractivity contribution is -0.123. The third kappa shape index (κ3) is 6.73. The topological polar surface area (TPSA) is 69.2 Å². The molecule has 3 aromatic carbocycles. The normalized spacial score (nSPS) is 10.8. The molecule has 0 fully saturated rings. The van der Waals surface area contributed by atoms with Crippen LogP contribution in [0.1, 0.15) is 16.7 Å². The molecular weight excluding hydrogens is 496 g/mol. The van der Waals surface area contributed by atoms with Crippen molar-refractivity contribution in [2.75, 3.05) is 13.7 Å². The van der Waals surface area contributed by atoms with Gasteiger partial charge in [0.25, 0.3) is 5.91 Å². The van der Waals surface area contributed by atoms with Gasteiger partial charge in [-0.25, -0.2) is 5.43 Å². The summed E-state index contributed by atoms with van der Waals surface area (Å²) in [5.41, 5.74) is 5.10. The highest BCUT2D eigenvalue weighted by atomic mass is 79.9. The van der Waals surface area contributed by atoms with Crippen molar-refractivity contribution in [3.63, 3.8) is 0 Å². The number of ether oxygens (including phenoxy) is 3. The number of amides is 1. The van der Waals surface area contributed by atoms with Gasteiger partial charge in [-0.1, -0.05) is 41.9 Å². The van der Waals surface area contributed by atoms with Gasteiger partial charge >= 0.3 is 0 Å². The molecule has 0 saturated heterocycles. The van der Waals surface area contributed by atoms with Crippen LogP contribution in [0.4, 0.5) is 0 Å². The molecule has 0 heterocycles. The number of methoxy groups -OCH3 is 1. The van der Waals surface area contributed by atoms with Crippen molar-refractivity contribution in [2.45, 2.75) is 13.5 Å². The van der Waals surface area contributed by atoms with E-state index >= 15 is 0 Å². The third-order valence-electron chi connectivity index (χ3n) is 4.40. The van der Waals surface area contributed by atoms with Crippen LogP contribution in [0, 0.1) is 6.92 Å². The number of nitrogens with one attached hydrogen (secondary N) is 1. The van der Waals surface area contributed by atoms with E-state index in [1.807, 2.05) is 61.5 Å². The molecule has 6 nitrogen and oxygen atoms in total. The van der Waals surface area contributed by atoms with E-state index in [1.165, 1.54) is 6.21 Å². The Kier molecular flexibility index (Phi) is 8.53. The molecule has 8 heteroatoms. The number of hydrazone groups is 1. The molecule has 3 rings (SSSR count). The number of nitrogens with zero attached hydrogens (tertiary/aromatic N) is 1. The quantitative estimate of drug-likeness (QED) is 0.299. The van der Waals surface area contributed by atoms with Gasteiger partial charge in [0.05, 0.1) is 17.8 Å². The maximum absolute atomic E-state index is 12.0. The fourth-order valence-electron chi connectivity index (χ4n) is 2.76. The summed E-state index contributed by atoms with van der Waals surface area (Å²) in [4.78, 5) is 12.0. The van der Waals surface area contributed by atoms with Crippen molar-refractivity contribution in [1.29, 1.82) is 0 Å². The zero-order valence-electron chi connectivity index (χ0n) is 17.6. The lowest BCUT2D eigenvalue weighted by atomic mass is 10.2. The molecule has 0 aromatic heterocycles. The van der Waals surface area contributed by atoms with Gasteiger partial charge < -0.3 is 14.2 Å². The smallest absolute Gasteiger partial charge is 0.277 e. The van der Waals surface area contributed by atoms with E-state index in [0.717, 1.165) is 11.1 Å². The van der Waals surface area contributed by atoms with Crippen LogP contribution in [0.15, 0.2) is 70.2 Å². The van der Waals surface area contributed by atoms with E-state index in [0.29, 0.717) is 38.9 Å². The molecule has 0 aliphatic heterocycles. The number of rotatable bonds is 9. The fourth-order valence-corrected chi connectivity index (χ4v) is 3.46. The Bertz CT molecular complexity index is 1100. The first-order valence-corrected chi connectivity index (χ1v) is 10.9. The van der Waals surface area contributed by atoms with Crippen LogP contribution in [0.5, 0.6) is 17.2 Å². The van der Waals surface area contributed by atoms with Crippen LogP contribution < -0.4 is 19.6 Å². The summed E-state index contributed by atoms with van der Waals surface area (Å²) in [6.07, 6.45) is 1.52. The van der Waals surface area contributed by atoms with Crippen LogP contribution >= 0.6 is 27.5 Å². The molecule has 166 valence electrons. The number of aryl methyl sites for hydroxylation is 1. The number of benzene rings is 3. The molecule has 0 aliphatic rings. The second-order valence-corrected chi connectivity index (χ2v) is 8.09. The lowest BCUT2D eigenvalue weighted by Crippen LogP contribution is -2.24. The van der Waals surface area contributed by atoms with Crippen molar-refractivity contribution in [1.82, 2.24) is 5.43 Å². The van der Waals surface area contributed by atoms with E-state index in [4.69, 9.17) is 25.8 Å². The molecule has 1 amide bonds. The number of hydrogen-bond donors (Lipinski definition) is 1. The van der Waals surface area contributed by atoms with Gasteiger partial charge in [0.15, 0.2) is 18.1 Å². The molecule has 32 heavy (non-hydrogen) atoms. The minimum atomic E-state index is -0.363. The van der Waals surface area contributed by atoms with Crippen molar-refractivity contribution < 1.29 is 19.0 Å². The molecule has 1 N–H and O–H groups in total. The van der Waals surface area contributed by atoms with Crippen LogP contribution in [0.3, 0.4) is 0 Å². The van der Waals surface area contributed by atoms with E-state index in [-0.39, 0.29) is 12.5 Å². The zero-order chi connectivity index (χ0) is 22.9. The van der Waals surface area contributed by atoms with Crippen LogP contribution in [0.25, 0.3) is 0 Å². The summed E-state index contributed by atoms with van der Waals surface area (Å²) in [5.74, 6) is 1.40. The van der Waals surface area contributed by atoms with Gasteiger partial charge in [-0.3, -0.25) is 4.79 Å². The van der Waals surface area contributed by atoms with Crippen molar-refractivity contribution in [2.24, 2.45) is 5.10 Å². The molecule has 3 aromatic rings. The average Bonchev–Trinajstić information content (AvgIpc) is 2.78. The molecular formula is C24H22BrClN2O4. The predicted molar refractivity (Wildman–Crippen MR) is 129 cm³/mol. The largest absolute Gasteiger partial charge is 0.493 e. The maximum atomic E-state index is 12.0. The Morgan fingerprint density at radius 1 is 1.09 bits per heavy atom. The number of carbonyl (C=O) groups is 1. The molecule has 0 spiro atoms. The van der Waals surface area contributed by atoms with E-state index < -0.39 is 0 Å². The maximum Gasteiger partial charge on any atom is 0.277 e. The predicted octanol–water partition coefficient (Wildman–Crippen LogP) is 5.53. The Hall–Kier alpha value is -3.03. The van der Waals surface area contributed by atoms with Gasteiger partial charge in [0, 0.05) is 5.02 Å². The summed E-state index contributed by atoms with van der Waals surface area (Å²) in [6, 6.07) is 18.5. The van der Waals surface area contributed by atoms with Gasteiger partial charge in [-0.15, -0.1) is 0 Å². The summed E-state index contributed by atoms with van der Waals surface area (Å²) in [6.45, 7) is 2.14. The Morgan fingerprint density at radius 2 is 1.84 bits per heavy atom. The van der Waals surface area contributed by atoms with Crippen molar-refractivity contribution in [3.05, 3.63) is 86.8 Å². The second-order valence-electron chi connectivity index (χ2n) is 6.80. The fraction of sp³-hybridized carbons (Fsp3) is 0.167. The summed E-state index contributed by atoms with van der Waals surface area (Å²) >= 11 is 9.43. The third-order valence-corrected chi connectivity index (χ3v) is 5.24. The van der Waals surface area contributed by atoms with Crippen LogP contribution in [-0.2, 0) is 11.4 Å². The molecule has 0 bridgehead atoms. The van der Waals surface area contributed by atoms with Gasteiger partial charge in [-0.05, 0) is 69.9 Å². The zero-order valence-corrected chi connectivity index (χ0v) is 19.9. The molecule has 0 radical (unpaired) electrons.